The molecule has 48 heavy (non-hydrogen) atoms. The molecule has 10 atom stereocenters. The fourth-order valence-corrected chi connectivity index (χ4v) is 5.52. The van der Waals surface area contributed by atoms with Gasteiger partial charge >= 0.3 is 0 Å². The van der Waals surface area contributed by atoms with Crippen molar-refractivity contribution in [2.45, 2.75) is 88.6 Å². The molecule has 2 saturated heterocycles. The summed E-state index contributed by atoms with van der Waals surface area (Å²) < 4.78 is 34.5. The zero-order valence-electron chi connectivity index (χ0n) is 26.6. The number of ether oxygens (including phenoxy) is 5. The summed E-state index contributed by atoms with van der Waals surface area (Å²) in [4.78, 5) is 14.3. The maximum absolute atomic E-state index is 14.3. The number of rotatable bonds is 9. The zero-order chi connectivity index (χ0) is 35.0. The number of phenolic OH excluding ortho intramolecular Hbond substituents is 1. The van der Waals surface area contributed by atoms with Gasteiger partial charge < -0.3 is 69.0 Å². The van der Waals surface area contributed by atoms with E-state index in [1.165, 1.54) is 14.0 Å². The Kier molecular flexibility index (Phi) is 10.6. The van der Waals surface area contributed by atoms with Crippen LogP contribution in [0.5, 0.6) is 23.0 Å². The summed E-state index contributed by atoms with van der Waals surface area (Å²) in [5, 5.41) is 82.9. The van der Waals surface area contributed by atoms with Crippen molar-refractivity contribution in [3.8, 4) is 34.3 Å². The SMILES string of the molecule is COc1ccc(-c2oc3c(CC=C(C)C)c(O[C@@H]4O[C@H](CO)[C@@H](O)[C@H](O)[C@H]4O)cc(O)c3c(=O)c2O[C@@H]2O[C@H](C)[C@@H](O)[C@@H](O)[C@H]2O)cc1. The van der Waals surface area contributed by atoms with E-state index in [2.05, 4.69) is 0 Å². The van der Waals surface area contributed by atoms with Crippen LogP contribution in [0.3, 0.4) is 0 Å². The lowest BCUT2D eigenvalue weighted by Crippen LogP contribution is -2.60. The first-order valence-corrected chi connectivity index (χ1v) is 15.2. The maximum Gasteiger partial charge on any atom is 0.239 e. The number of hydrogen-bond acceptors (Lipinski definition) is 15. The van der Waals surface area contributed by atoms with Crippen LogP contribution < -0.4 is 19.6 Å². The first-order chi connectivity index (χ1) is 22.8. The molecule has 0 saturated carbocycles. The molecule has 0 bridgehead atoms. The van der Waals surface area contributed by atoms with Gasteiger partial charge in [0.1, 0.15) is 70.9 Å². The monoisotopic (exact) mass is 676 g/mol. The van der Waals surface area contributed by atoms with Crippen molar-refractivity contribution in [1.29, 1.82) is 0 Å². The van der Waals surface area contributed by atoms with E-state index in [1.807, 2.05) is 13.8 Å². The molecule has 3 heterocycles. The van der Waals surface area contributed by atoms with Gasteiger partial charge in [-0.15, -0.1) is 0 Å². The number of methoxy groups -OCH3 is 1. The van der Waals surface area contributed by atoms with Crippen molar-refractivity contribution in [2.24, 2.45) is 0 Å². The Morgan fingerprint density at radius 2 is 1.50 bits per heavy atom. The van der Waals surface area contributed by atoms with Crippen LogP contribution in [0.2, 0.25) is 0 Å². The topological polar surface area (TPSA) is 238 Å². The Morgan fingerprint density at radius 1 is 0.875 bits per heavy atom. The van der Waals surface area contributed by atoms with Crippen LogP contribution in [0.4, 0.5) is 0 Å². The number of benzene rings is 2. The third-order valence-electron chi connectivity index (χ3n) is 8.37. The third kappa shape index (κ3) is 6.74. The molecule has 1 aromatic heterocycles. The largest absolute Gasteiger partial charge is 0.507 e. The fourth-order valence-electron chi connectivity index (χ4n) is 5.52. The van der Waals surface area contributed by atoms with E-state index < -0.39 is 84.9 Å². The zero-order valence-corrected chi connectivity index (χ0v) is 26.6. The van der Waals surface area contributed by atoms with Gasteiger partial charge in [-0.25, -0.2) is 0 Å². The van der Waals surface area contributed by atoms with Crippen LogP contribution in [0.15, 0.2) is 51.2 Å². The summed E-state index contributed by atoms with van der Waals surface area (Å²) in [5.74, 6) is -0.922. The summed E-state index contributed by atoms with van der Waals surface area (Å²) in [7, 11) is 1.47. The minimum absolute atomic E-state index is 0.0725. The number of phenols is 1. The third-order valence-corrected chi connectivity index (χ3v) is 8.37. The number of aromatic hydroxyl groups is 1. The van der Waals surface area contributed by atoms with Gasteiger partial charge in [0.25, 0.3) is 0 Å². The molecule has 0 spiro atoms. The second-order valence-corrected chi connectivity index (χ2v) is 12.0. The molecule has 0 unspecified atom stereocenters. The predicted molar refractivity (Wildman–Crippen MR) is 167 cm³/mol. The Bertz CT molecular complexity index is 1680. The standard InChI is InChI=1S/C33H40O15/c1-13(2)5-10-17-19(45-33-28(42)26(40)23(37)20(12-34)46-33)11-18(35)21-24(38)31(48-32-27(41)25(39)22(36)14(3)44-32)29(47-30(17)21)15-6-8-16(43-4)9-7-15/h5-9,11,14,20,22-23,25-28,32-37,39-42H,10,12H2,1-4H3/t14-,20-,22-,23-,25-,26+,27-,28-,32+,33-/m1/s1. The van der Waals surface area contributed by atoms with Crippen LogP contribution in [-0.2, 0) is 15.9 Å². The van der Waals surface area contributed by atoms with Crippen LogP contribution in [0.25, 0.3) is 22.3 Å². The first kappa shape index (κ1) is 35.5. The first-order valence-electron chi connectivity index (χ1n) is 15.2. The van der Waals surface area contributed by atoms with Crippen LogP contribution >= 0.6 is 0 Å². The van der Waals surface area contributed by atoms with Gasteiger partial charge in [-0.1, -0.05) is 11.6 Å². The van der Waals surface area contributed by atoms with E-state index in [4.69, 9.17) is 28.1 Å². The van der Waals surface area contributed by atoms with Crippen LogP contribution in [0.1, 0.15) is 26.3 Å². The molecular weight excluding hydrogens is 636 g/mol. The summed E-state index contributed by atoms with van der Waals surface area (Å²) in [6.07, 6.45) is -13.7. The maximum atomic E-state index is 14.3. The highest BCUT2D eigenvalue weighted by Crippen LogP contribution is 2.41. The van der Waals surface area contributed by atoms with Crippen molar-refractivity contribution in [2.75, 3.05) is 13.7 Å². The van der Waals surface area contributed by atoms with Crippen molar-refractivity contribution in [3.05, 3.63) is 57.8 Å². The summed E-state index contributed by atoms with van der Waals surface area (Å²) >= 11 is 0. The molecule has 2 fully saturated rings. The average Bonchev–Trinajstić information content (AvgIpc) is 3.06. The van der Waals surface area contributed by atoms with E-state index in [9.17, 15) is 45.6 Å². The van der Waals surface area contributed by atoms with E-state index in [-0.39, 0.29) is 34.5 Å². The number of aliphatic hydroxyl groups is 7. The fraction of sp³-hybridized carbons (Fsp3) is 0.485. The van der Waals surface area contributed by atoms with E-state index in [0.29, 0.717) is 11.3 Å². The highest BCUT2D eigenvalue weighted by Gasteiger charge is 2.46. The molecule has 262 valence electrons. The number of fused-ring (bicyclic) bond motifs is 1. The van der Waals surface area contributed by atoms with Crippen molar-refractivity contribution >= 4 is 11.0 Å². The van der Waals surface area contributed by atoms with Gasteiger partial charge in [-0.3, -0.25) is 4.79 Å². The van der Waals surface area contributed by atoms with Gasteiger partial charge in [0.2, 0.25) is 23.8 Å². The second kappa shape index (κ2) is 14.4. The number of hydrogen-bond donors (Lipinski definition) is 8. The normalized spacial score (nSPS) is 30.6. The van der Waals surface area contributed by atoms with Crippen molar-refractivity contribution < 1.29 is 69.0 Å². The van der Waals surface area contributed by atoms with E-state index in [1.54, 1.807) is 30.3 Å². The summed E-state index contributed by atoms with van der Waals surface area (Å²) in [6.45, 7) is 4.40. The molecule has 0 radical (unpaired) electrons. The van der Waals surface area contributed by atoms with Crippen molar-refractivity contribution in [1.82, 2.24) is 0 Å². The smallest absolute Gasteiger partial charge is 0.239 e. The Balaban J connectivity index is 1.71. The number of allylic oxidation sites excluding steroid dienone is 2. The van der Waals surface area contributed by atoms with E-state index >= 15 is 0 Å². The molecule has 15 heteroatoms. The highest BCUT2D eigenvalue weighted by molar-refractivity contribution is 5.91. The Hall–Kier alpha value is -3.77. The van der Waals surface area contributed by atoms with Crippen LogP contribution in [-0.4, -0.2) is 116 Å². The molecule has 0 aliphatic carbocycles. The van der Waals surface area contributed by atoms with E-state index in [0.717, 1.165) is 11.6 Å². The molecule has 2 aromatic carbocycles. The molecule has 2 aliphatic rings. The van der Waals surface area contributed by atoms with Gasteiger partial charge in [-0.2, -0.15) is 0 Å². The van der Waals surface area contributed by atoms with Gasteiger partial charge in [0.15, 0.2) is 5.76 Å². The van der Waals surface area contributed by atoms with Gasteiger partial charge in [0.05, 0.1) is 19.8 Å². The lowest BCUT2D eigenvalue weighted by Gasteiger charge is -2.39. The molecule has 8 N–H and O–H groups in total. The Labute approximate surface area is 274 Å². The molecule has 2 aliphatic heterocycles. The molecular formula is C33H40O15. The molecule has 0 amide bonds. The summed E-state index contributed by atoms with van der Waals surface area (Å²) in [6, 6.07) is 7.41. The molecule has 15 nitrogen and oxygen atoms in total. The molecule has 5 rings (SSSR count). The lowest BCUT2D eigenvalue weighted by atomic mass is 9.99. The number of aliphatic hydroxyl groups excluding tert-OH is 7. The highest BCUT2D eigenvalue weighted by atomic mass is 16.7. The summed E-state index contributed by atoms with van der Waals surface area (Å²) in [5.41, 5.74) is 0.341. The quantitative estimate of drug-likeness (QED) is 0.140. The van der Waals surface area contributed by atoms with Gasteiger partial charge in [0, 0.05) is 17.2 Å². The minimum atomic E-state index is -1.77. The predicted octanol–water partition coefficient (Wildman–Crippen LogP) is 0.0679. The lowest BCUT2D eigenvalue weighted by molar-refractivity contribution is -0.277. The van der Waals surface area contributed by atoms with Crippen molar-refractivity contribution in [3.63, 3.8) is 0 Å². The van der Waals surface area contributed by atoms with Gasteiger partial charge in [-0.05, 0) is 51.5 Å². The average molecular weight is 677 g/mol. The van der Waals surface area contributed by atoms with Crippen LogP contribution in [0, 0.1) is 0 Å². The minimum Gasteiger partial charge on any atom is -0.507 e. The Morgan fingerprint density at radius 3 is 2.10 bits per heavy atom. The second-order valence-electron chi connectivity index (χ2n) is 12.0. The molecule has 3 aromatic rings.